The van der Waals surface area contributed by atoms with E-state index in [2.05, 4.69) is 4.99 Å². The number of fused-ring (bicyclic) bond motifs is 1. The van der Waals surface area contributed by atoms with Crippen molar-refractivity contribution < 1.29 is 14.3 Å². The van der Waals surface area contributed by atoms with Crippen LogP contribution in [-0.2, 0) is 11.3 Å². The van der Waals surface area contributed by atoms with Gasteiger partial charge in [0.25, 0.3) is 5.91 Å². The number of hydrogen-bond acceptors (Lipinski definition) is 5. The molecular formula is C17H18N2O3S2. The largest absolute Gasteiger partial charge is 0.494 e. The molecule has 0 unspecified atom stereocenters. The van der Waals surface area contributed by atoms with Crippen LogP contribution in [0, 0.1) is 0 Å². The standard InChI is InChI=1S/C17H18N2O3S2/c1-3-22-12-6-7-13-15(11-12)24-17(19(13)8-9-21-2)18-16(20)14-5-4-10-23-14/h4-7,10-11H,3,8-9H2,1-2H3. The Balaban J connectivity index is 2.08. The molecule has 1 aromatic carbocycles. The van der Waals surface area contributed by atoms with E-state index in [0.717, 1.165) is 16.0 Å². The Labute approximate surface area is 147 Å². The molecule has 0 aliphatic rings. The molecule has 0 N–H and O–H groups in total. The summed E-state index contributed by atoms with van der Waals surface area (Å²) in [6, 6.07) is 9.57. The van der Waals surface area contributed by atoms with Crippen molar-refractivity contribution in [3.63, 3.8) is 0 Å². The molecule has 0 aliphatic heterocycles. The fraction of sp³-hybridized carbons (Fsp3) is 0.294. The highest BCUT2D eigenvalue weighted by Crippen LogP contribution is 2.23. The van der Waals surface area contributed by atoms with Crippen LogP contribution in [-0.4, -0.2) is 30.8 Å². The predicted octanol–water partition coefficient (Wildman–Crippen LogP) is 3.55. The summed E-state index contributed by atoms with van der Waals surface area (Å²) in [5.41, 5.74) is 1.03. The SMILES string of the molecule is CCOc1ccc2c(c1)sc(=NC(=O)c1cccs1)n2CCOC. The molecular weight excluding hydrogens is 344 g/mol. The van der Waals surface area contributed by atoms with Gasteiger partial charge in [0.2, 0.25) is 0 Å². The summed E-state index contributed by atoms with van der Waals surface area (Å²) in [5.74, 6) is 0.606. The first kappa shape index (κ1) is 16.9. The van der Waals surface area contributed by atoms with E-state index in [0.29, 0.717) is 29.4 Å². The molecule has 0 spiro atoms. The minimum absolute atomic E-state index is 0.215. The molecule has 1 amide bonds. The third-order valence-corrected chi connectivity index (χ3v) is 5.31. The molecule has 0 radical (unpaired) electrons. The smallest absolute Gasteiger partial charge is 0.289 e. The Bertz CT molecular complexity index is 894. The van der Waals surface area contributed by atoms with Crippen LogP contribution in [0.1, 0.15) is 16.6 Å². The number of carbonyl (C=O) groups is 1. The molecule has 3 rings (SSSR count). The summed E-state index contributed by atoms with van der Waals surface area (Å²) in [6.45, 7) is 3.77. The van der Waals surface area contributed by atoms with E-state index in [1.54, 1.807) is 13.2 Å². The second kappa shape index (κ2) is 7.74. The number of hydrogen-bond donors (Lipinski definition) is 0. The number of thiazole rings is 1. The second-order valence-corrected chi connectivity index (χ2v) is 6.94. The average molecular weight is 362 g/mol. The molecule has 0 saturated carbocycles. The molecule has 7 heteroatoms. The van der Waals surface area contributed by atoms with E-state index in [9.17, 15) is 4.79 Å². The van der Waals surface area contributed by atoms with E-state index in [-0.39, 0.29) is 5.91 Å². The highest BCUT2D eigenvalue weighted by Gasteiger charge is 2.10. The third kappa shape index (κ3) is 3.58. The lowest BCUT2D eigenvalue weighted by Gasteiger charge is -2.05. The van der Waals surface area contributed by atoms with E-state index in [4.69, 9.17) is 9.47 Å². The Morgan fingerprint density at radius 1 is 1.33 bits per heavy atom. The van der Waals surface area contributed by atoms with E-state index < -0.39 is 0 Å². The zero-order chi connectivity index (χ0) is 16.9. The zero-order valence-corrected chi connectivity index (χ0v) is 15.2. The highest BCUT2D eigenvalue weighted by molar-refractivity contribution is 7.16. The number of nitrogens with zero attached hydrogens (tertiary/aromatic N) is 2. The van der Waals surface area contributed by atoms with Crippen LogP contribution in [0.25, 0.3) is 10.2 Å². The van der Waals surface area contributed by atoms with Gasteiger partial charge in [-0.3, -0.25) is 4.79 Å². The van der Waals surface area contributed by atoms with E-state index in [1.165, 1.54) is 22.7 Å². The van der Waals surface area contributed by atoms with Crippen molar-refractivity contribution in [1.29, 1.82) is 0 Å². The molecule has 126 valence electrons. The van der Waals surface area contributed by atoms with Gasteiger partial charge >= 0.3 is 0 Å². The Morgan fingerprint density at radius 3 is 2.92 bits per heavy atom. The topological polar surface area (TPSA) is 52.8 Å². The molecule has 0 aliphatic carbocycles. The molecule has 0 bridgehead atoms. The fourth-order valence-electron chi connectivity index (χ4n) is 2.34. The number of aromatic nitrogens is 1. The summed E-state index contributed by atoms with van der Waals surface area (Å²) in [4.78, 5) is 18.0. The van der Waals surface area contributed by atoms with Gasteiger partial charge in [-0.1, -0.05) is 17.4 Å². The Hall–Kier alpha value is -1.96. The molecule has 24 heavy (non-hydrogen) atoms. The summed E-state index contributed by atoms with van der Waals surface area (Å²) in [7, 11) is 1.66. The molecule has 0 saturated heterocycles. The predicted molar refractivity (Wildman–Crippen MR) is 97.1 cm³/mol. The van der Waals surface area contributed by atoms with Gasteiger partial charge in [-0.05, 0) is 36.6 Å². The maximum atomic E-state index is 12.3. The minimum atomic E-state index is -0.215. The van der Waals surface area contributed by atoms with Gasteiger partial charge in [0.05, 0.1) is 28.3 Å². The second-order valence-electron chi connectivity index (χ2n) is 4.99. The van der Waals surface area contributed by atoms with Crippen LogP contribution in [0.2, 0.25) is 0 Å². The van der Waals surface area contributed by atoms with Gasteiger partial charge in [0.1, 0.15) is 5.75 Å². The van der Waals surface area contributed by atoms with Crippen LogP contribution in [0.15, 0.2) is 40.7 Å². The lowest BCUT2D eigenvalue weighted by Crippen LogP contribution is -2.19. The zero-order valence-electron chi connectivity index (χ0n) is 13.5. The first-order valence-corrected chi connectivity index (χ1v) is 9.30. The number of carbonyl (C=O) groups excluding carboxylic acids is 1. The number of benzene rings is 1. The minimum Gasteiger partial charge on any atom is -0.494 e. The lowest BCUT2D eigenvalue weighted by atomic mass is 10.3. The van der Waals surface area contributed by atoms with Crippen molar-refractivity contribution >= 4 is 38.8 Å². The Morgan fingerprint density at radius 2 is 2.21 bits per heavy atom. The number of thiophene rings is 1. The molecule has 2 heterocycles. The lowest BCUT2D eigenvalue weighted by molar-refractivity contribution is 0.100. The van der Waals surface area contributed by atoms with Crippen molar-refractivity contribution in [1.82, 2.24) is 4.57 Å². The first-order valence-electron chi connectivity index (χ1n) is 7.60. The quantitative estimate of drug-likeness (QED) is 0.674. The highest BCUT2D eigenvalue weighted by atomic mass is 32.1. The molecule has 5 nitrogen and oxygen atoms in total. The van der Waals surface area contributed by atoms with Crippen LogP contribution < -0.4 is 9.54 Å². The normalized spacial score (nSPS) is 12.0. The van der Waals surface area contributed by atoms with E-state index >= 15 is 0 Å². The average Bonchev–Trinajstić information content (AvgIpc) is 3.21. The van der Waals surface area contributed by atoms with Gasteiger partial charge < -0.3 is 14.0 Å². The summed E-state index contributed by atoms with van der Waals surface area (Å²) >= 11 is 2.88. The molecule has 0 atom stereocenters. The van der Waals surface area contributed by atoms with Crippen molar-refractivity contribution in [3.8, 4) is 5.75 Å². The number of ether oxygens (including phenoxy) is 2. The summed E-state index contributed by atoms with van der Waals surface area (Å²) in [5, 5.41) is 1.88. The van der Waals surface area contributed by atoms with Crippen LogP contribution in [0.3, 0.4) is 0 Å². The van der Waals surface area contributed by atoms with Crippen LogP contribution in [0.5, 0.6) is 5.75 Å². The fourth-order valence-corrected chi connectivity index (χ4v) is 4.03. The maximum Gasteiger partial charge on any atom is 0.289 e. The molecule has 0 fully saturated rings. The summed E-state index contributed by atoms with van der Waals surface area (Å²) in [6.07, 6.45) is 0. The number of methoxy groups -OCH3 is 1. The third-order valence-electron chi connectivity index (χ3n) is 3.41. The van der Waals surface area contributed by atoms with Gasteiger partial charge in [-0.15, -0.1) is 11.3 Å². The monoisotopic (exact) mass is 362 g/mol. The van der Waals surface area contributed by atoms with Crippen LogP contribution >= 0.6 is 22.7 Å². The van der Waals surface area contributed by atoms with E-state index in [1.807, 2.05) is 41.1 Å². The Kier molecular flexibility index (Phi) is 5.44. The molecule has 3 aromatic rings. The maximum absolute atomic E-state index is 12.3. The summed E-state index contributed by atoms with van der Waals surface area (Å²) < 4.78 is 13.8. The van der Waals surface area contributed by atoms with Crippen molar-refractivity contribution in [3.05, 3.63) is 45.4 Å². The number of amides is 1. The van der Waals surface area contributed by atoms with Crippen molar-refractivity contribution in [2.75, 3.05) is 20.3 Å². The van der Waals surface area contributed by atoms with Gasteiger partial charge in [-0.2, -0.15) is 4.99 Å². The van der Waals surface area contributed by atoms with Crippen LogP contribution in [0.4, 0.5) is 0 Å². The number of rotatable bonds is 6. The van der Waals surface area contributed by atoms with Gasteiger partial charge in [0.15, 0.2) is 4.80 Å². The van der Waals surface area contributed by atoms with Gasteiger partial charge in [0, 0.05) is 13.7 Å². The van der Waals surface area contributed by atoms with Crippen molar-refractivity contribution in [2.24, 2.45) is 4.99 Å². The first-order chi connectivity index (χ1) is 11.7. The van der Waals surface area contributed by atoms with Gasteiger partial charge in [-0.25, -0.2) is 0 Å². The molecule has 2 aromatic heterocycles. The van der Waals surface area contributed by atoms with Crippen molar-refractivity contribution in [2.45, 2.75) is 13.5 Å².